The van der Waals surface area contributed by atoms with Gasteiger partial charge < -0.3 is 15.8 Å². The number of carbonyl (C=O) groups excluding carboxylic acids is 2. The third-order valence-corrected chi connectivity index (χ3v) is 3.34. The zero-order valence-corrected chi connectivity index (χ0v) is 13.2. The van der Waals surface area contributed by atoms with Gasteiger partial charge in [0.05, 0.1) is 11.6 Å². The molecule has 3 N–H and O–H groups in total. The van der Waals surface area contributed by atoms with Gasteiger partial charge in [-0.1, -0.05) is 12.1 Å². The summed E-state index contributed by atoms with van der Waals surface area (Å²) in [6.07, 6.45) is -0.697. The first-order chi connectivity index (χ1) is 11.5. The van der Waals surface area contributed by atoms with Gasteiger partial charge in [0.15, 0.2) is 6.10 Å². The zero-order valence-electron chi connectivity index (χ0n) is 13.2. The van der Waals surface area contributed by atoms with Crippen LogP contribution in [-0.2, 0) is 11.3 Å². The summed E-state index contributed by atoms with van der Waals surface area (Å²) in [6.45, 7) is 1.90. The fourth-order valence-electron chi connectivity index (χ4n) is 2.03. The molecule has 0 heterocycles. The molecule has 2 aromatic rings. The maximum absolute atomic E-state index is 12.1. The number of carbonyl (C=O) groups is 2. The molecule has 0 radical (unpaired) electrons. The standard InChI is InChI=1S/C18H17N3O3/c1-12(24-16-7-5-13(10-19)6-8-16)18(23)21-11-14-3-2-4-15(9-14)17(20)22/h2-9,12H,11H2,1H3,(H2,20,22)(H,21,23)/t12-/m0/s1. The Balaban J connectivity index is 1.90. The first kappa shape index (κ1) is 17.0. The van der Waals surface area contributed by atoms with E-state index in [4.69, 9.17) is 15.7 Å². The van der Waals surface area contributed by atoms with E-state index in [0.29, 0.717) is 16.9 Å². The average Bonchev–Trinajstić information content (AvgIpc) is 2.60. The number of hydrogen-bond acceptors (Lipinski definition) is 4. The number of nitrogens with zero attached hydrogens (tertiary/aromatic N) is 1. The Bertz CT molecular complexity index is 779. The number of benzene rings is 2. The highest BCUT2D eigenvalue weighted by Gasteiger charge is 2.14. The number of rotatable bonds is 6. The maximum Gasteiger partial charge on any atom is 0.261 e. The summed E-state index contributed by atoms with van der Waals surface area (Å²) in [5.41, 5.74) is 6.91. The molecule has 2 amide bonds. The van der Waals surface area contributed by atoms with Crippen molar-refractivity contribution in [2.75, 3.05) is 0 Å². The zero-order chi connectivity index (χ0) is 17.5. The van der Waals surface area contributed by atoms with E-state index in [0.717, 1.165) is 5.56 Å². The van der Waals surface area contributed by atoms with Crippen molar-refractivity contribution in [1.29, 1.82) is 5.26 Å². The smallest absolute Gasteiger partial charge is 0.261 e. The maximum atomic E-state index is 12.1. The Labute approximate surface area is 139 Å². The molecule has 0 bridgehead atoms. The van der Waals surface area contributed by atoms with Crippen LogP contribution in [0.25, 0.3) is 0 Å². The van der Waals surface area contributed by atoms with Gasteiger partial charge >= 0.3 is 0 Å². The van der Waals surface area contributed by atoms with Crippen molar-refractivity contribution < 1.29 is 14.3 Å². The van der Waals surface area contributed by atoms with Crippen molar-refractivity contribution in [2.45, 2.75) is 19.6 Å². The van der Waals surface area contributed by atoms with E-state index >= 15 is 0 Å². The second kappa shape index (κ2) is 7.79. The molecule has 0 fully saturated rings. The number of nitriles is 1. The molecule has 6 heteroatoms. The van der Waals surface area contributed by atoms with Crippen LogP contribution < -0.4 is 15.8 Å². The van der Waals surface area contributed by atoms with E-state index in [-0.39, 0.29) is 12.5 Å². The highest BCUT2D eigenvalue weighted by atomic mass is 16.5. The summed E-state index contributed by atoms with van der Waals surface area (Å²) in [5.74, 6) is -0.295. The lowest BCUT2D eigenvalue weighted by molar-refractivity contribution is -0.127. The fraction of sp³-hybridized carbons (Fsp3) is 0.167. The molecule has 122 valence electrons. The molecule has 0 aliphatic heterocycles. The fourth-order valence-corrected chi connectivity index (χ4v) is 2.03. The number of amides is 2. The van der Waals surface area contributed by atoms with Gasteiger partial charge in [0, 0.05) is 12.1 Å². The molecule has 6 nitrogen and oxygen atoms in total. The van der Waals surface area contributed by atoms with Crippen LogP contribution in [0.2, 0.25) is 0 Å². The summed E-state index contributed by atoms with van der Waals surface area (Å²) in [4.78, 5) is 23.2. The highest BCUT2D eigenvalue weighted by molar-refractivity contribution is 5.92. The average molecular weight is 323 g/mol. The molecule has 0 aliphatic rings. The Kier molecular flexibility index (Phi) is 5.53. The van der Waals surface area contributed by atoms with Gasteiger partial charge in [0.1, 0.15) is 5.75 Å². The second-order valence-electron chi connectivity index (χ2n) is 5.18. The molecule has 2 aromatic carbocycles. The predicted molar refractivity (Wildman–Crippen MR) is 88.1 cm³/mol. The van der Waals surface area contributed by atoms with Crippen molar-refractivity contribution in [3.05, 3.63) is 65.2 Å². The van der Waals surface area contributed by atoms with Crippen LogP contribution in [-0.4, -0.2) is 17.9 Å². The van der Waals surface area contributed by atoms with Crippen LogP contribution in [0.15, 0.2) is 48.5 Å². The number of ether oxygens (including phenoxy) is 1. The Morgan fingerprint density at radius 3 is 2.58 bits per heavy atom. The lowest BCUT2D eigenvalue weighted by Crippen LogP contribution is -2.35. The number of nitrogens with two attached hydrogens (primary N) is 1. The van der Waals surface area contributed by atoms with Gasteiger partial charge in [-0.25, -0.2) is 0 Å². The van der Waals surface area contributed by atoms with Crippen LogP contribution in [0, 0.1) is 11.3 Å². The minimum Gasteiger partial charge on any atom is -0.481 e. The first-order valence-electron chi connectivity index (χ1n) is 7.33. The lowest BCUT2D eigenvalue weighted by atomic mass is 10.1. The number of primary amides is 1. The van der Waals surface area contributed by atoms with E-state index in [2.05, 4.69) is 5.32 Å². The van der Waals surface area contributed by atoms with Crippen LogP contribution >= 0.6 is 0 Å². The van der Waals surface area contributed by atoms with Gasteiger partial charge in [0.2, 0.25) is 5.91 Å². The van der Waals surface area contributed by atoms with E-state index < -0.39 is 12.0 Å². The molecule has 0 spiro atoms. The number of nitrogens with one attached hydrogen (secondary N) is 1. The molecule has 0 aromatic heterocycles. The van der Waals surface area contributed by atoms with E-state index in [9.17, 15) is 9.59 Å². The van der Waals surface area contributed by atoms with Crippen LogP contribution in [0.3, 0.4) is 0 Å². The lowest BCUT2D eigenvalue weighted by Gasteiger charge is -2.15. The van der Waals surface area contributed by atoms with Crippen molar-refractivity contribution >= 4 is 11.8 Å². The minimum absolute atomic E-state index is 0.265. The van der Waals surface area contributed by atoms with Crippen molar-refractivity contribution in [1.82, 2.24) is 5.32 Å². The second-order valence-corrected chi connectivity index (χ2v) is 5.18. The summed E-state index contributed by atoms with van der Waals surface area (Å²) in [6, 6.07) is 15.3. The highest BCUT2D eigenvalue weighted by Crippen LogP contribution is 2.13. The predicted octanol–water partition coefficient (Wildman–Crippen LogP) is 1.74. The quantitative estimate of drug-likeness (QED) is 0.844. The van der Waals surface area contributed by atoms with Gasteiger partial charge in [-0.15, -0.1) is 0 Å². The third kappa shape index (κ3) is 4.58. The normalized spacial score (nSPS) is 11.2. The van der Waals surface area contributed by atoms with E-state index in [1.54, 1.807) is 55.5 Å². The van der Waals surface area contributed by atoms with Crippen molar-refractivity contribution in [2.24, 2.45) is 5.73 Å². The van der Waals surface area contributed by atoms with Crippen LogP contribution in [0.4, 0.5) is 0 Å². The van der Waals surface area contributed by atoms with Crippen molar-refractivity contribution in [3.63, 3.8) is 0 Å². The van der Waals surface area contributed by atoms with Crippen LogP contribution in [0.1, 0.15) is 28.4 Å². The van der Waals surface area contributed by atoms with Gasteiger partial charge in [-0.05, 0) is 48.9 Å². The SMILES string of the molecule is C[C@H](Oc1ccc(C#N)cc1)C(=O)NCc1cccc(C(N)=O)c1. The summed E-state index contributed by atoms with van der Waals surface area (Å²) in [7, 11) is 0. The van der Waals surface area contributed by atoms with E-state index in [1.165, 1.54) is 0 Å². The molecule has 0 unspecified atom stereocenters. The van der Waals surface area contributed by atoms with Crippen molar-refractivity contribution in [3.8, 4) is 11.8 Å². The Morgan fingerprint density at radius 1 is 1.25 bits per heavy atom. The molecular weight excluding hydrogens is 306 g/mol. The summed E-state index contributed by atoms with van der Waals surface area (Å²) in [5, 5.41) is 11.5. The monoisotopic (exact) mass is 323 g/mol. The molecule has 2 rings (SSSR count). The third-order valence-electron chi connectivity index (χ3n) is 3.34. The Hall–Kier alpha value is -3.33. The molecule has 24 heavy (non-hydrogen) atoms. The molecule has 0 aliphatic carbocycles. The summed E-state index contributed by atoms with van der Waals surface area (Å²) < 4.78 is 5.53. The van der Waals surface area contributed by atoms with Gasteiger partial charge in [-0.3, -0.25) is 9.59 Å². The minimum atomic E-state index is -0.697. The first-order valence-corrected chi connectivity index (χ1v) is 7.33. The molecule has 1 atom stereocenters. The summed E-state index contributed by atoms with van der Waals surface area (Å²) >= 11 is 0. The molecule has 0 saturated heterocycles. The van der Waals surface area contributed by atoms with Gasteiger partial charge in [0.25, 0.3) is 5.91 Å². The molecule has 0 saturated carbocycles. The molecular formula is C18H17N3O3. The largest absolute Gasteiger partial charge is 0.481 e. The van der Waals surface area contributed by atoms with Gasteiger partial charge in [-0.2, -0.15) is 5.26 Å². The van der Waals surface area contributed by atoms with E-state index in [1.807, 2.05) is 6.07 Å². The number of hydrogen-bond donors (Lipinski definition) is 2. The van der Waals surface area contributed by atoms with Crippen LogP contribution in [0.5, 0.6) is 5.75 Å². The Morgan fingerprint density at radius 2 is 1.96 bits per heavy atom. The topological polar surface area (TPSA) is 105 Å².